The fourth-order valence-corrected chi connectivity index (χ4v) is 1.74. The van der Waals surface area contributed by atoms with E-state index in [2.05, 4.69) is 4.74 Å². The van der Waals surface area contributed by atoms with Gasteiger partial charge in [-0.05, 0) is 17.7 Å². The summed E-state index contributed by atoms with van der Waals surface area (Å²) in [4.78, 5) is 11.2. The molecule has 0 aromatic heterocycles. The van der Waals surface area contributed by atoms with Gasteiger partial charge < -0.3 is 24.7 Å². The first kappa shape index (κ1) is 12.5. The summed E-state index contributed by atoms with van der Waals surface area (Å²) in [6.45, 7) is 0.154. The number of rotatable bonds is 4. The first-order chi connectivity index (χ1) is 8.65. The molecule has 0 bridgehead atoms. The van der Waals surface area contributed by atoms with Crippen LogP contribution in [-0.4, -0.2) is 27.0 Å². The summed E-state index contributed by atoms with van der Waals surface area (Å²) in [5.74, 6) is 1.32. The van der Waals surface area contributed by atoms with Crippen molar-refractivity contribution >= 4 is 5.97 Å². The van der Waals surface area contributed by atoms with Crippen molar-refractivity contribution in [1.82, 2.24) is 0 Å². The molecule has 0 radical (unpaired) electrons. The molecule has 0 aliphatic carbocycles. The molecule has 0 amide bonds. The molecule has 0 unspecified atom stereocenters. The van der Waals surface area contributed by atoms with Gasteiger partial charge in [-0.15, -0.1) is 0 Å². The predicted octanol–water partition coefficient (Wildman–Crippen LogP) is 0.987. The van der Waals surface area contributed by atoms with Gasteiger partial charge >= 0.3 is 5.97 Å². The summed E-state index contributed by atoms with van der Waals surface area (Å²) in [7, 11) is 2.86. The first-order valence-electron chi connectivity index (χ1n) is 5.45. The average molecular weight is 253 g/mol. The molecule has 2 N–H and O–H groups in total. The van der Waals surface area contributed by atoms with E-state index in [1.165, 1.54) is 14.2 Å². The lowest BCUT2D eigenvalue weighted by Crippen LogP contribution is -2.16. The number of ether oxygens (including phenoxy) is 4. The van der Waals surface area contributed by atoms with Crippen LogP contribution in [0.15, 0.2) is 12.1 Å². The third kappa shape index (κ3) is 2.33. The lowest BCUT2D eigenvalue weighted by atomic mass is 10.0. The zero-order valence-corrected chi connectivity index (χ0v) is 10.3. The zero-order valence-electron chi connectivity index (χ0n) is 10.3. The van der Waals surface area contributed by atoms with Gasteiger partial charge in [-0.3, -0.25) is 4.79 Å². The molecule has 1 aromatic carbocycles. The van der Waals surface area contributed by atoms with E-state index in [0.717, 1.165) is 5.56 Å². The monoisotopic (exact) mass is 253 g/mol. The molecule has 98 valence electrons. The number of carbonyl (C=O) groups excluding carboxylic acids is 1. The van der Waals surface area contributed by atoms with Crippen molar-refractivity contribution in [3.05, 3.63) is 17.7 Å². The van der Waals surface area contributed by atoms with Crippen LogP contribution in [0.1, 0.15) is 18.0 Å². The number of fused-ring (bicyclic) bond motifs is 1. The van der Waals surface area contributed by atoms with Gasteiger partial charge in [0, 0.05) is 6.04 Å². The van der Waals surface area contributed by atoms with Crippen molar-refractivity contribution < 1.29 is 23.7 Å². The second-order valence-corrected chi connectivity index (χ2v) is 3.84. The fraction of sp³-hybridized carbons (Fsp3) is 0.417. The van der Waals surface area contributed by atoms with Gasteiger partial charge in [0.15, 0.2) is 11.5 Å². The normalized spacial score (nSPS) is 14.2. The van der Waals surface area contributed by atoms with Gasteiger partial charge in [0.05, 0.1) is 20.6 Å². The Hall–Kier alpha value is -1.95. The van der Waals surface area contributed by atoms with Crippen LogP contribution in [0.3, 0.4) is 0 Å². The molecule has 1 aliphatic rings. The van der Waals surface area contributed by atoms with Crippen LogP contribution in [0.2, 0.25) is 0 Å². The Balaban J connectivity index is 2.26. The molecule has 1 atom stereocenters. The number of hydrogen-bond acceptors (Lipinski definition) is 6. The maximum Gasteiger partial charge on any atom is 0.307 e. The minimum absolute atomic E-state index is 0.0965. The Kier molecular flexibility index (Phi) is 3.57. The molecule has 6 heteroatoms. The van der Waals surface area contributed by atoms with E-state index in [-0.39, 0.29) is 19.2 Å². The largest absolute Gasteiger partial charge is 0.493 e. The second kappa shape index (κ2) is 5.14. The van der Waals surface area contributed by atoms with Gasteiger partial charge in [0.25, 0.3) is 0 Å². The molecule has 0 saturated carbocycles. The lowest BCUT2D eigenvalue weighted by Gasteiger charge is -2.13. The Morgan fingerprint density at radius 1 is 1.44 bits per heavy atom. The van der Waals surface area contributed by atoms with Gasteiger partial charge in [-0.2, -0.15) is 0 Å². The van der Waals surface area contributed by atoms with Crippen LogP contribution in [-0.2, 0) is 9.53 Å². The summed E-state index contributed by atoms with van der Waals surface area (Å²) in [5, 5.41) is 0. The third-order valence-electron chi connectivity index (χ3n) is 2.72. The number of esters is 1. The molecule has 6 nitrogen and oxygen atoms in total. The summed E-state index contributed by atoms with van der Waals surface area (Å²) in [6.07, 6.45) is 0.0965. The van der Waals surface area contributed by atoms with Crippen LogP contribution in [0.25, 0.3) is 0 Å². The third-order valence-corrected chi connectivity index (χ3v) is 2.72. The number of nitrogens with two attached hydrogens (primary N) is 1. The Morgan fingerprint density at radius 3 is 2.89 bits per heavy atom. The van der Waals surface area contributed by atoms with Crippen LogP contribution in [0.4, 0.5) is 0 Å². The minimum atomic E-state index is -0.471. The number of hydrogen-bond donors (Lipinski definition) is 1. The van der Waals surface area contributed by atoms with Crippen LogP contribution < -0.4 is 19.9 Å². The van der Waals surface area contributed by atoms with Crippen LogP contribution >= 0.6 is 0 Å². The maximum absolute atomic E-state index is 11.2. The molecular formula is C12H15NO5. The summed E-state index contributed by atoms with van der Waals surface area (Å²) in [6, 6.07) is 3.01. The molecule has 1 aliphatic heterocycles. The van der Waals surface area contributed by atoms with Crippen molar-refractivity contribution in [1.29, 1.82) is 0 Å². The molecular weight excluding hydrogens is 238 g/mol. The topological polar surface area (TPSA) is 80.0 Å². The van der Waals surface area contributed by atoms with E-state index in [9.17, 15) is 4.79 Å². The highest BCUT2D eigenvalue weighted by molar-refractivity contribution is 5.70. The quantitative estimate of drug-likeness (QED) is 0.806. The highest BCUT2D eigenvalue weighted by Crippen LogP contribution is 2.43. The Labute approximate surface area is 105 Å². The molecule has 0 saturated heterocycles. The first-order valence-corrected chi connectivity index (χ1v) is 5.45. The van der Waals surface area contributed by atoms with Crippen molar-refractivity contribution in [2.24, 2.45) is 5.73 Å². The summed E-state index contributed by atoms with van der Waals surface area (Å²) < 4.78 is 20.4. The molecule has 18 heavy (non-hydrogen) atoms. The van der Waals surface area contributed by atoms with Gasteiger partial charge in [0.1, 0.15) is 0 Å². The van der Waals surface area contributed by atoms with Crippen LogP contribution in [0, 0.1) is 0 Å². The van der Waals surface area contributed by atoms with Gasteiger partial charge in [-0.25, -0.2) is 0 Å². The van der Waals surface area contributed by atoms with E-state index in [1.54, 1.807) is 12.1 Å². The number of methoxy groups -OCH3 is 2. The summed E-state index contributed by atoms with van der Waals surface area (Å²) >= 11 is 0. The van der Waals surface area contributed by atoms with E-state index in [4.69, 9.17) is 19.9 Å². The van der Waals surface area contributed by atoms with Crippen molar-refractivity contribution in [2.75, 3.05) is 21.0 Å². The lowest BCUT2D eigenvalue weighted by molar-refractivity contribution is -0.141. The minimum Gasteiger partial charge on any atom is -0.493 e. The van der Waals surface area contributed by atoms with Crippen molar-refractivity contribution in [3.8, 4) is 17.2 Å². The number of benzene rings is 1. The van der Waals surface area contributed by atoms with E-state index in [1.807, 2.05) is 0 Å². The Bertz CT molecular complexity index is 460. The summed E-state index contributed by atoms with van der Waals surface area (Å²) in [5.41, 5.74) is 6.67. The van der Waals surface area contributed by atoms with Crippen molar-refractivity contribution in [3.63, 3.8) is 0 Å². The van der Waals surface area contributed by atoms with Crippen LogP contribution in [0.5, 0.6) is 17.2 Å². The average Bonchev–Trinajstić information content (AvgIpc) is 2.85. The predicted molar refractivity (Wildman–Crippen MR) is 62.7 cm³/mol. The van der Waals surface area contributed by atoms with Gasteiger partial charge in [0.2, 0.25) is 12.5 Å². The molecule has 2 rings (SSSR count). The van der Waals surface area contributed by atoms with Gasteiger partial charge in [-0.1, -0.05) is 0 Å². The molecule has 0 fully saturated rings. The smallest absolute Gasteiger partial charge is 0.307 e. The maximum atomic E-state index is 11.2. The Morgan fingerprint density at radius 2 is 2.22 bits per heavy atom. The van der Waals surface area contributed by atoms with E-state index in [0.29, 0.717) is 17.2 Å². The fourth-order valence-electron chi connectivity index (χ4n) is 1.74. The van der Waals surface area contributed by atoms with E-state index < -0.39 is 6.04 Å². The molecule has 1 aromatic rings. The second-order valence-electron chi connectivity index (χ2n) is 3.84. The SMILES string of the molecule is COC(=O)C[C@H](N)c1cc(OC)c2c(c1)OCO2. The van der Waals surface area contributed by atoms with Crippen molar-refractivity contribution in [2.45, 2.75) is 12.5 Å². The molecule has 0 spiro atoms. The number of carbonyl (C=O) groups is 1. The highest BCUT2D eigenvalue weighted by atomic mass is 16.7. The highest BCUT2D eigenvalue weighted by Gasteiger charge is 2.22. The van der Waals surface area contributed by atoms with E-state index >= 15 is 0 Å². The zero-order chi connectivity index (χ0) is 13.1. The standard InChI is InChI=1S/C12H15NO5/c1-15-9-3-7(8(13)5-11(14)16-2)4-10-12(9)18-6-17-10/h3-4,8H,5-6,13H2,1-2H3/t8-/m0/s1. The molecule has 1 heterocycles.